The summed E-state index contributed by atoms with van der Waals surface area (Å²) in [5.74, 6) is -0.318. The maximum atomic E-state index is 14.8. The fraction of sp³-hybridized carbons (Fsp3) is 0.500. The Bertz CT molecular complexity index is 860. The molecule has 1 fully saturated rings. The molecule has 2 heterocycles. The largest absolute Gasteiger partial charge is 0.394 e. The molecule has 0 aromatic heterocycles. The second-order valence-corrected chi connectivity index (χ2v) is 8.54. The summed E-state index contributed by atoms with van der Waals surface area (Å²) < 4.78 is 21.3. The lowest BCUT2D eigenvalue weighted by Gasteiger charge is -2.36. The first-order chi connectivity index (χ1) is 15.4. The van der Waals surface area contributed by atoms with Crippen molar-refractivity contribution in [1.82, 2.24) is 5.32 Å². The first kappa shape index (κ1) is 28.6. The Balaban J connectivity index is 0.00000121. The molecule has 0 aliphatic carbocycles. The van der Waals surface area contributed by atoms with E-state index in [1.54, 1.807) is 37.3 Å². The van der Waals surface area contributed by atoms with Gasteiger partial charge in [0.25, 0.3) is 5.91 Å². The molecule has 32 heavy (non-hydrogen) atoms. The van der Waals surface area contributed by atoms with Gasteiger partial charge >= 0.3 is 0 Å². The molecular formula is C24H34BrFN2O3S. The number of nitrogens with one attached hydrogen (secondary N) is 1. The van der Waals surface area contributed by atoms with Crippen molar-refractivity contribution in [3.05, 3.63) is 57.9 Å². The summed E-state index contributed by atoms with van der Waals surface area (Å²) in [5.41, 5.74) is -0.0765. The molecule has 2 aliphatic rings. The highest BCUT2D eigenvalue weighted by Gasteiger charge is 2.54. The number of amides is 1. The predicted octanol–water partition coefficient (Wildman–Crippen LogP) is 5.58. The van der Waals surface area contributed by atoms with Crippen LogP contribution in [0.3, 0.4) is 0 Å². The third kappa shape index (κ3) is 6.31. The van der Waals surface area contributed by atoms with E-state index in [2.05, 4.69) is 21.2 Å². The summed E-state index contributed by atoms with van der Waals surface area (Å²) in [4.78, 5) is 17.3. The lowest BCUT2D eigenvalue weighted by molar-refractivity contribution is -0.115. The zero-order valence-electron chi connectivity index (χ0n) is 19.6. The Morgan fingerprint density at radius 1 is 1.38 bits per heavy atom. The molecular weight excluding hydrogens is 495 g/mol. The number of halogens is 2. The average Bonchev–Trinajstić information content (AvgIpc) is 3.20. The Labute approximate surface area is 203 Å². The van der Waals surface area contributed by atoms with Gasteiger partial charge in [-0.15, -0.1) is 0 Å². The van der Waals surface area contributed by atoms with E-state index in [4.69, 9.17) is 9.73 Å². The number of carbonyl (C=O) groups excluding carboxylic acids is 1. The molecule has 0 bridgehead atoms. The summed E-state index contributed by atoms with van der Waals surface area (Å²) in [6.45, 7) is 11.6. The fourth-order valence-electron chi connectivity index (χ4n) is 3.57. The van der Waals surface area contributed by atoms with Crippen molar-refractivity contribution in [3.63, 3.8) is 0 Å². The van der Waals surface area contributed by atoms with Gasteiger partial charge in [-0.1, -0.05) is 73.6 Å². The van der Waals surface area contributed by atoms with Crippen LogP contribution in [0.4, 0.5) is 4.39 Å². The number of aliphatic hydroxyl groups excluding tert-OH is 1. The molecule has 1 aromatic carbocycles. The third-order valence-electron chi connectivity index (χ3n) is 4.99. The van der Waals surface area contributed by atoms with Crippen LogP contribution in [0, 0.1) is 11.7 Å². The topological polar surface area (TPSA) is 70.9 Å². The summed E-state index contributed by atoms with van der Waals surface area (Å²) in [6.07, 6.45) is 4.80. The van der Waals surface area contributed by atoms with Crippen LogP contribution in [0.25, 0.3) is 0 Å². The lowest BCUT2D eigenvalue weighted by atomic mass is 9.79. The monoisotopic (exact) mass is 528 g/mol. The van der Waals surface area contributed by atoms with Crippen molar-refractivity contribution in [2.45, 2.75) is 53.2 Å². The number of benzene rings is 1. The summed E-state index contributed by atoms with van der Waals surface area (Å²) in [7, 11) is 0. The quantitative estimate of drug-likeness (QED) is 0.395. The number of allylic oxidation sites excluding steroid dienone is 2. The fourth-order valence-corrected chi connectivity index (χ4v) is 5.15. The van der Waals surface area contributed by atoms with Gasteiger partial charge in [-0.3, -0.25) is 4.79 Å². The Kier molecular flexibility index (Phi) is 12.4. The summed E-state index contributed by atoms with van der Waals surface area (Å²) >= 11 is 4.77. The number of nitrogens with zero attached hydrogens (tertiary/aromatic N) is 1. The molecule has 1 amide bonds. The van der Waals surface area contributed by atoms with Crippen LogP contribution in [0.1, 0.15) is 47.1 Å². The highest BCUT2D eigenvalue weighted by Crippen LogP contribution is 2.48. The molecule has 1 aromatic rings. The number of carbonyl (C=O) groups is 1. The molecule has 3 atom stereocenters. The second-order valence-electron chi connectivity index (χ2n) is 6.61. The van der Waals surface area contributed by atoms with Gasteiger partial charge in [-0.2, -0.15) is 0 Å². The number of aliphatic imine (C=N–C) groups is 1. The van der Waals surface area contributed by atoms with E-state index < -0.39 is 11.6 Å². The standard InChI is InChI=1S/C20H22BrFN2O3S.2C2H6/c1-3-5-12(4-2)18(26)23-19-24-20(14-8-13(21)6-7-16(14)22)11-27-17(9-25)15(20)10-28-19;2*1-2/h3-8,15,17,25H,9-11H2,1-2H3,(H,23,24,26);2*1-2H3/b5-3-,12-4+;;/t15-,17-,20-;;/m1../s1. The van der Waals surface area contributed by atoms with Crippen LogP contribution in [0.15, 0.2) is 51.5 Å². The maximum Gasteiger partial charge on any atom is 0.256 e. The number of thioether (sulfide) groups is 1. The summed E-state index contributed by atoms with van der Waals surface area (Å²) in [6, 6.07) is 4.71. The molecule has 0 spiro atoms. The molecule has 8 heteroatoms. The van der Waals surface area contributed by atoms with Crippen molar-refractivity contribution in [3.8, 4) is 0 Å². The van der Waals surface area contributed by atoms with Gasteiger partial charge in [0, 0.05) is 27.3 Å². The van der Waals surface area contributed by atoms with Gasteiger partial charge in [0.05, 0.1) is 19.3 Å². The van der Waals surface area contributed by atoms with Gasteiger partial charge in [0.15, 0.2) is 5.17 Å². The Morgan fingerprint density at radius 3 is 2.66 bits per heavy atom. The molecule has 3 rings (SSSR count). The van der Waals surface area contributed by atoms with Crippen LogP contribution in [-0.2, 0) is 15.1 Å². The van der Waals surface area contributed by atoms with Crippen LogP contribution >= 0.6 is 27.7 Å². The van der Waals surface area contributed by atoms with E-state index >= 15 is 0 Å². The average molecular weight is 530 g/mol. The normalized spacial score (nSPS) is 24.5. The molecule has 2 N–H and O–H groups in total. The van der Waals surface area contributed by atoms with Crippen LogP contribution < -0.4 is 5.32 Å². The Hall–Kier alpha value is -1.48. The lowest BCUT2D eigenvalue weighted by Crippen LogP contribution is -2.45. The number of ether oxygens (including phenoxy) is 1. The SMILES string of the molecule is C/C=C\C(=C/C)C(=O)NC1=N[C@@]2(c3cc(Br)ccc3F)CO[C@H](CO)[C@H]2CS1.CC.CC. The first-order valence-corrected chi connectivity index (χ1v) is 12.7. The van der Waals surface area contributed by atoms with E-state index in [1.165, 1.54) is 17.8 Å². The zero-order valence-corrected chi connectivity index (χ0v) is 22.0. The number of amidine groups is 1. The van der Waals surface area contributed by atoms with E-state index in [0.29, 0.717) is 22.1 Å². The van der Waals surface area contributed by atoms with Crippen molar-refractivity contribution in [2.75, 3.05) is 19.0 Å². The molecule has 0 radical (unpaired) electrons. The van der Waals surface area contributed by atoms with E-state index in [-0.39, 0.29) is 30.9 Å². The highest BCUT2D eigenvalue weighted by atomic mass is 79.9. The number of fused-ring (bicyclic) bond motifs is 1. The minimum Gasteiger partial charge on any atom is -0.394 e. The number of hydrogen-bond acceptors (Lipinski definition) is 5. The first-order valence-electron chi connectivity index (χ1n) is 11.0. The molecule has 5 nitrogen and oxygen atoms in total. The molecule has 0 unspecified atom stereocenters. The van der Waals surface area contributed by atoms with Gasteiger partial charge < -0.3 is 15.2 Å². The summed E-state index contributed by atoms with van der Waals surface area (Å²) in [5, 5.41) is 12.9. The second kappa shape index (κ2) is 13.9. The van der Waals surface area contributed by atoms with E-state index in [1.807, 2.05) is 34.6 Å². The van der Waals surface area contributed by atoms with Crippen molar-refractivity contribution < 1.29 is 19.0 Å². The van der Waals surface area contributed by atoms with Crippen molar-refractivity contribution in [2.24, 2.45) is 10.9 Å². The third-order valence-corrected chi connectivity index (χ3v) is 6.48. The Morgan fingerprint density at radius 2 is 2.06 bits per heavy atom. The van der Waals surface area contributed by atoms with Crippen LogP contribution in [-0.4, -0.2) is 41.3 Å². The van der Waals surface area contributed by atoms with Crippen molar-refractivity contribution >= 4 is 38.8 Å². The number of aliphatic hydroxyl groups is 1. The highest BCUT2D eigenvalue weighted by molar-refractivity contribution is 9.10. The maximum absolute atomic E-state index is 14.8. The molecule has 1 saturated heterocycles. The van der Waals surface area contributed by atoms with Gasteiger partial charge in [0.1, 0.15) is 11.4 Å². The predicted molar refractivity (Wildman–Crippen MR) is 135 cm³/mol. The van der Waals surface area contributed by atoms with Gasteiger partial charge in [-0.05, 0) is 32.0 Å². The smallest absolute Gasteiger partial charge is 0.256 e. The van der Waals surface area contributed by atoms with Crippen LogP contribution in [0.2, 0.25) is 0 Å². The minimum absolute atomic E-state index is 0.140. The molecule has 178 valence electrons. The zero-order chi connectivity index (χ0) is 24.3. The van der Waals surface area contributed by atoms with Gasteiger partial charge in [0.2, 0.25) is 0 Å². The number of hydrogen-bond donors (Lipinski definition) is 2. The van der Waals surface area contributed by atoms with Gasteiger partial charge in [-0.25, -0.2) is 9.38 Å². The van der Waals surface area contributed by atoms with Crippen LogP contribution in [0.5, 0.6) is 0 Å². The molecule has 0 saturated carbocycles. The number of rotatable bonds is 4. The van der Waals surface area contributed by atoms with E-state index in [0.717, 1.165) is 4.47 Å². The van der Waals surface area contributed by atoms with E-state index in [9.17, 15) is 14.3 Å². The minimum atomic E-state index is -0.994. The van der Waals surface area contributed by atoms with Crippen molar-refractivity contribution in [1.29, 1.82) is 0 Å². The molecule has 2 aliphatic heterocycles.